The van der Waals surface area contributed by atoms with Gasteiger partial charge >= 0.3 is 0 Å². The molecule has 0 radical (unpaired) electrons. The standard InChI is InChI=1S/C12H14ClN3/c1-4-10(11(13)5-2)12(14)9-6-15-8(3)16-7-9/h4-7,12H,1-2,14H2,3H3/b11-10-. The van der Waals surface area contributed by atoms with Crippen molar-refractivity contribution in [1.82, 2.24) is 9.97 Å². The average molecular weight is 236 g/mol. The molecule has 0 fully saturated rings. The van der Waals surface area contributed by atoms with Crippen LogP contribution in [0.15, 0.2) is 48.3 Å². The third-order valence-corrected chi connectivity index (χ3v) is 2.54. The van der Waals surface area contributed by atoms with Crippen LogP contribution in [0.3, 0.4) is 0 Å². The van der Waals surface area contributed by atoms with E-state index >= 15 is 0 Å². The molecule has 16 heavy (non-hydrogen) atoms. The van der Waals surface area contributed by atoms with Gasteiger partial charge in [0, 0.05) is 23.0 Å². The van der Waals surface area contributed by atoms with Crippen molar-refractivity contribution in [3.05, 3.63) is 59.7 Å². The molecule has 1 aromatic rings. The van der Waals surface area contributed by atoms with Crippen molar-refractivity contribution in [3.8, 4) is 0 Å². The second kappa shape index (κ2) is 5.58. The van der Waals surface area contributed by atoms with Crippen LogP contribution in [-0.4, -0.2) is 9.97 Å². The lowest BCUT2D eigenvalue weighted by Crippen LogP contribution is -2.13. The largest absolute Gasteiger partial charge is 0.320 e. The van der Waals surface area contributed by atoms with Gasteiger partial charge in [0.25, 0.3) is 0 Å². The van der Waals surface area contributed by atoms with Crippen LogP contribution < -0.4 is 5.73 Å². The number of halogens is 1. The summed E-state index contributed by atoms with van der Waals surface area (Å²) in [5.74, 6) is 0.704. The Morgan fingerprint density at radius 2 is 1.94 bits per heavy atom. The van der Waals surface area contributed by atoms with Crippen LogP contribution in [0.2, 0.25) is 0 Å². The lowest BCUT2D eigenvalue weighted by Gasteiger charge is -2.13. The Bertz CT molecular complexity index is 420. The van der Waals surface area contributed by atoms with Gasteiger partial charge in [0.15, 0.2) is 0 Å². The Balaban J connectivity index is 3.09. The SMILES string of the molecule is C=C/C(Cl)=C(\C=C)C(N)c1cnc(C)nc1. The summed E-state index contributed by atoms with van der Waals surface area (Å²) in [5.41, 5.74) is 7.54. The fourth-order valence-electron chi connectivity index (χ4n) is 1.23. The van der Waals surface area contributed by atoms with Gasteiger partial charge in [-0.25, -0.2) is 9.97 Å². The van der Waals surface area contributed by atoms with Crippen molar-refractivity contribution in [1.29, 1.82) is 0 Å². The second-order valence-corrected chi connectivity index (χ2v) is 3.66. The molecule has 1 aromatic heterocycles. The summed E-state index contributed by atoms with van der Waals surface area (Å²) in [6.45, 7) is 9.09. The van der Waals surface area contributed by atoms with E-state index in [0.29, 0.717) is 16.4 Å². The molecule has 0 aliphatic rings. The molecule has 4 heteroatoms. The number of allylic oxidation sites excluding steroid dienone is 2. The van der Waals surface area contributed by atoms with Crippen LogP contribution in [-0.2, 0) is 0 Å². The van der Waals surface area contributed by atoms with E-state index in [9.17, 15) is 0 Å². The Morgan fingerprint density at radius 1 is 1.38 bits per heavy atom. The smallest absolute Gasteiger partial charge is 0.125 e. The third-order valence-electron chi connectivity index (χ3n) is 2.17. The van der Waals surface area contributed by atoms with E-state index < -0.39 is 0 Å². The van der Waals surface area contributed by atoms with Crippen molar-refractivity contribution in [2.45, 2.75) is 13.0 Å². The molecule has 2 N–H and O–H groups in total. The van der Waals surface area contributed by atoms with E-state index in [4.69, 9.17) is 17.3 Å². The summed E-state index contributed by atoms with van der Waals surface area (Å²) in [5, 5.41) is 0.489. The van der Waals surface area contributed by atoms with E-state index in [1.54, 1.807) is 18.5 Å². The quantitative estimate of drug-likeness (QED) is 0.817. The highest BCUT2D eigenvalue weighted by atomic mass is 35.5. The van der Waals surface area contributed by atoms with Gasteiger partial charge in [-0.15, -0.1) is 0 Å². The van der Waals surface area contributed by atoms with Crippen LogP contribution in [0.5, 0.6) is 0 Å². The van der Waals surface area contributed by atoms with Crippen molar-refractivity contribution in [2.24, 2.45) is 5.73 Å². The molecule has 1 heterocycles. The van der Waals surface area contributed by atoms with Crippen LogP contribution in [0.25, 0.3) is 0 Å². The summed E-state index contributed by atoms with van der Waals surface area (Å²) >= 11 is 5.98. The fraction of sp³-hybridized carbons (Fsp3) is 0.167. The molecule has 0 saturated heterocycles. The molecule has 3 nitrogen and oxygen atoms in total. The van der Waals surface area contributed by atoms with Gasteiger partial charge < -0.3 is 5.73 Å². The molecular weight excluding hydrogens is 222 g/mol. The van der Waals surface area contributed by atoms with Gasteiger partial charge in [-0.3, -0.25) is 0 Å². The molecule has 0 spiro atoms. The van der Waals surface area contributed by atoms with Gasteiger partial charge in [-0.2, -0.15) is 0 Å². The lowest BCUT2D eigenvalue weighted by molar-refractivity contribution is 0.840. The van der Waals surface area contributed by atoms with Gasteiger partial charge in [0.05, 0.1) is 6.04 Å². The maximum absolute atomic E-state index is 6.03. The molecule has 84 valence electrons. The first kappa shape index (κ1) is 12.6. The number of hydrogen-bond acceptors (Lipinski definition) is 3. The molecular formula is C12H14ClN3. The van der Waals surface area contributed by atoms with Crippen LogP contribution in [0.1, 0.15) is 17.4 Å². The van der Waals surface area contributed by atoms with Crippen LogP contribution >= 0.6 is 11.6 Å². The van der Waals surface area contributed by atoms with Crippen LogP contribution in [0, 0.1) is 6.92 Å². The predicted molar refractivity (Wildman–Crippen MR) is 67.0 cm³/mol. The van der Waals surface area contributed by atoms with Gasteiger partial charge in [-0.05, 0) is 12.5 Å². The maximum Gasteiger partial charge on any atom is 0.125 e. The van der Waals surface area contributed by atoms with Gasteiger partial charge in [0.1, 0.15) is 5.82 Å². The topological polar surface area (TPSA) is 51.8 Å². The first-order valence-corrected chi connectivity index (χ1v) is 5.16. The summed E-state index contributed by atoms with van der Waals surface area (Å²) in [6, 6.07) is -0.386. The van der Waals surface area contributed by atoms with Crippen LogP contribution in [0.4, 0.5) is 0 Å². The molecule has 0 amide bonds. The highest BCUT2D eigenvalue weighted by Gasteiger charge is 2.12. The second-order valence-electron chi connectivity index (χ2n) is 3.25. The van der Waals surface area contributed by atoms with E-state index in [2.05, 4.69) is 23.1 Å². The van der Waals surface area contributed by atoms with E-state index in [-0.39, 0.29) is 6.04 Å². The predicted octanol–water partition coefficient (Wildman–Crippen LogP) is 2.65. The first-order valence-electron chi connectivity index (χ1n) is 4.78. The molecule has 0 saturated carbocycles. The molecule has 0 aliphatic carbocycles. The number of aryl methyl sites for hydroxylation is 1. The Labute approximate surface area is 100 Å². The van der Waals surface area contributed by atoms with E-state index in [1.807, 2.05) is 6.92 Å². The van der Waals surface area contributed by atoms with E-state index in [1.165, 1.54) is 6.08 Å². The molecule has 1 rings (SSSR count). The van der Waals surface area contributed by atoms with Crippen molar-refractivity contribution in [2.75, 3.05) is 0 Å². The zero-order valence-corrected chi connectivity index (χ0v) is 9.91. The van der Waals surface area contributed by atoms with Gasteiger partial charge in [0.2, 0.25) is 0 Å². The Kier molecular flexibility index (Phi) is 4.40. The number of nitrogens with two attached hydrogens (primary N) is 1. The number of rotatable bonds is 4. The highest BCUT2D eigenvalue weighted by molar-refractivity contribution is 6.31. The normalized spacial score (nSPS) is 13.9. The minimum atomic E-state index is -0.386. The molecule has 0 aliphatic heterocycles. The minimum Gasteiger partial charge on any atom is -0.320 e. The number of aromatic nitrogens is 2. The monoisotopic (exact) mass is 235 g/mol. The number of nitrogens with zero attached hydrogens (tertiary/aromatic N) is 2. The molecule has 0 bridgehead atoms. The summed E-state index contributed by atoms with van der Waals surface area (Å²) < 4.78 is 0. The average Bonchev–Trinajstić information content (AvgIpc) is 2.30. The molecule has 1 atom stereocenters. The number of hydrogen-bond donors (Lipinski definition) is 1. The summed E-state index contributed by atoms with van der Waals surface area (Å²) in [7, 11) is 0. The molecule has 1 unspecified atom stereocenters. The fourth-order valence-corrected chi connectivity index (χ4v) is 1.43. The molecule has 0 aromatic carbocycles. The highest BCUT2D eigenvalue weighted by Crippen LogP contribution is 2.24. The van der Waals surface area contributed by atoms with Crippen molar-refractivity contribution in [3.63, 3.8) is 0 Å². The van der Waals surface area contributed by atoms with Gasteiger partial charge in [-0.1, -0.05) is 36.9 Å². The third kappa shape index (κ3) is 2.78. The first-order chi connectivity index (χ1) is 7.60. The Hall–Kier alpha value is -1.45. The van der Waals surface area contributed by atoms with E-state index in [0.717, 1.165) is 5.56 Å². The maximum atomic E-state index is 6.03. The lowest BCUT2D eigenvalue weighted by atomic mass is 10.0. The zero-order chi connectivity index (χ0) is 12.1. The summed E-state index contributed by atoms with van der Waals surface area (Å²) in [6.07, 6.45) is 6.52. The van der Waals surface area contributed by atoms with Crippen molar-refractivity contribution < 1.29 is 0 Å². The Morgan fingerprint density at radius 3 is 2.38 bits per heavy atom. The zero-order valence-electron chi connectivity index (χ0n) is 9.15. The van der Waals surface area contributed by atoms with Crippen molar-refractivity contribution >= 4 is 11.6 Å². The minimum absolute atomic E-state index is 0.386. The summed E-state index contributed by atoms with van der Waals surface area (Å²) in [4.78, 5) is 8.17.